The third-order valence-electron chi connectivity index (χ3n) is 3.92. The Morgan fingerprint density at radius 3 is 2.62 bits per heavy atom. The lowest BCUT2D eigenvalue weighted by molar-refractivity contribution is 0.0534. The summed E-state index contributed by atoms with van der Waals surface area (Å²) < 4.78 is 10.7. The molecule has 2 rings (SSSR count). The fourth-order valence-corrected chi connectivity index (χ4v) is 2.60. The summed E-state index contributed by atoms with van der Waals surface area (Å²) in [4.78, 5) is 23.3. The molecule has 1 saturated heterocycles. The van der Waals surface area contributed by atoms with Crippen molar-refractivity contribution in [2.24, 2.45) is 5.92 Å². The Balaban J connectivity index is 2.04. The zero-order valence-corrected chi connectivity index (χ0v) is 12.3. The third-order valence-corrected chi connectivity index (χ3v) is 3.92. The number of carbonyl (C=O) groups excluding carboxylic acids is 1. The lowest BCUT2D eigenvalue weighted by Gasteiger charge is -2.28. The van der Waals surface area contributed by atoms with Crippen molar-refractivity contribution >= 4 is 11.9 Å². The van der Waals surface area contributed by atoms with Gasteiger partial charge in [0.25, 0.3) is 5.91 Å². The number of furan rings is 1. The van der Waals surface area contributed by atoms with Crippen molar-refractivity contribution < 1.29 is 23.8 Å². The maximum Gasteiger partial charge on any atom is 0.339 e. The molecule has 6 nitrogen and oxygen atoms in total. The van der Waals surface area contributed by atoms with E-state index in [1.807, 2.05) is 6.92 Å². The van der Waals surface area contributed by atoms with Gasteiger partial charge in [0.1, 0.15) is 11.3 Å². The van der Waals surface area contributed by atoms with Crippen LogP contribution in [0.4, 0.5) is 0 Å². The van der Waals surface area contributed by atoms with Gasteiger partial charge in [-0.3, -0.25) is 4.79 Å². The number of rotatable bonds is 5. The molecule has 21 heavy (non-hydrogen) atoms. The van der Waals surface area contributed by atoms with Crippen molar-refractivity contribution in [2.45, 2.75) is 39.2 Å². The summed E-state index contributed by atoms with van der Waals surface area (Å²) in [6.07, 6.45) is 2.27. The lowest BCUT2D eigenvalue weighted by atomic mass is 9.93. The molecule has 1 fully saturated rings. The fourth-order valence-electron chi connectivity index (χ4n) is 2.60. The number of aromatic carboxylic acids is 1. The molecule has 1 amide bonds. The van der Waals surface area contributed by atoms with E-state index in [4.69, 9.17) is 14.3 Å². The van der Waals surface area contributed by atoms with Crippen molar-refractivity contribution in [3.05, 3.63) is 23.2 Å². The van der Waals surface area contributed by atoms with Gasteiger partial charge in [0.2, 0.25) is 0 Å². The molecule has 1 atom stereocenters. The number of carboxylic acids is 1. The summed E-state index contributed by atoms with van der Waals surface area (Å²) in [5, 5.41) is 12.0. The topological polar surface area (TPSA) is 88.8 Å². The Hall–Kier alpha value is -1.82. The Kier molecular flexibility index (Phi) is 5.01. The molecule has 0 radical (unpaired) electrons. The van der Waals surface area contributed by atoms with Crippen LogP contribution in [-0.2, 0) is 11.2 Å². The quantitative estimate of drug-likeness (QED) is 0.868. The van der Waals surface area contributed by atoms with E-state index in [0.29, 0.717) is 18.1 Å². The van der Waals surface area contributed by atoms with E-state index in [1.165, 1.54) is 6.07 Å². The van der Waals surface area contributed by atoms with Gasteiger partial charge in [-0.05, 0) is 25.7 Å². The van der Waals surface area contributed by atoms with E-state index in [9.17, 15) is 9.59 Å². The van der Waals surface area contributed by atoms with Gasteiger partial charge in [-0.2, -0.15) is 0 Å². The number of nitrogens with one attached hydrogen (secondary N) is 1. The van der Waals surface area contributed by atoms with Crippen LogP contribution in [0.2, 0.25) is 0 Å². The van der Waals surface area contributed by atoms with E-state index in [1.54, 1.807) is 6.92 Å². The van der Waals surface area contributed by atoms with Gasteiger partial charge in [-0.25, -0.2) is 4.79 Å². The first-order chi connectivity index (χ1) is 10.0. The Bertz CT molecular complexity index is 516. The molecule has 1 unspecified atom stereocenters. The molecule has 0 aromatic carbocycles. The predicted molar refractivity (Wildman–Crippen MR) is 75.5 cm³/mol. The first-order valence-electron chi connectivity index (χ1n) is 7.27. The molecular weight excluding hydrogens is 274 g/mol. The highest BCUT2D eigenvalue weighted by Crippen LogP contribution is 2.20. The summed E-state index contributed by atoms with van der Waals surface area (Å²) in [7, 11) is 0. The van der Waals surface area contributed by atoms with Crippen LogP contribution in [0.1, 0.15) is 53.4 Å². The minimum absolute atomic E-state index is 0.00449. The van der Waals surface area contributed by atoms with Crippen molar-refractivity contribution in [1.82, 2.24) is 5.32 Å². The average Bonchev–Trinajstić information content (AvgIpc) is 2.92. The Morgan fingerprint density at radius 2 is 2.10 bits per heavy atom. The number of hydrogen-bond acceptors (Lipinski definition) is 4. The lowest BCUT2D eigenvalue weighted by Crippen LogP contribution is -2.40. The number of carbonyl (C=O) groups is 2. The summed E-state index contributed by atoms with van der Waals surface area (Å²) in [6.45, 7) is 5.18. The van der Waals surface area contributed by atoms with Gasteiger partial charge in [0.15, 0.2) is 5.76 Å². The molecule has 0 aliphatic carbocycles. The molecule has 116 valence electrons. The highest BCUT2D eigenvalue weighted by Gasteiger charge is 2.25. The predicted octanol–water partition coefficient (Wildman–Crippen LogP) is 2.09. The minimum Gasteiger partial charge on any atom is -0.478 e. The van der Waals surface area contributed by atoms with Crippen LogP contribution in [0.3, 0.4) is 0 Å². The van der Waals surface area contributed by atoms with Crippen LogP contribution in [0.15, 0.2) is 10.5 Å². The molecule has 1 aromatic heterocycles. The molecule has 2 heterocycles. The molecule has 0 spiro atoms. The molecule has 6 heteroatoms. The summed E-state index contributed by atoms with van der Waals surface area (Å²) in [5.74, 6) is -0.680. The first kappa shape index (κ1) is 15.6. The first-order valence-corrected chi connectivity index (χ1v) is 7.27. The maximum absolute atomic E-state index is 12.2. The van der Waals surface area contributed by atoms with Gasteiger partial charge >= 0.3 is 5.97 Å². The van der Waals surface area contributed by atoms with Crippen LogP contribution < -0.4 is 5.32 Å². The molecule has 0 saturated carbocycles. The van der Waals surface area contributed by atoms with E-state index in [2.05, 4.69) is 5.32 Å². The van der Waals surface area contributed by atoms with E-state index in [0.717, 1.165) is 26.1 Å². The van der Waals surface area contributed by atoms with Crippen LogP contribution in [0, 0.1) is 5.92 Å². The molecule has 1 aliphatic rings. The van der Waals surface area contributed by atoms with Gasteiger partial charge in [-0.15, -0.1) is 0 Å². The Morgan fingerprint density at radius 1 is 1.43 bits per heavy atom. The fraction of sp³-hybridized carbons (Fsp3) is 0.600. The number of hydrogen-bond donors (Lipinski definition) is 2. The third kappa shape index (κ3) is 3.64. The number of amides is 1. The van der Waals surface area contributed by atoms with Crippen LogP contribution in [0.5, 0.6) is 0 Å². The number of carboxylic acid groups (broad SMARTS) is 1. The second-order valence-electron chi connectivity index (χ2n) is 5.32. The Labute approximate surface area is 123 Å². The van der Waals surface area contributed by atoms with Crippen LogP contribution >= 0.6 is 0 Å². The maximum atomic E-state index is 12.2. The molecule has 1 aromatic rings. The normalized spacial score (nSPS) is 17.4. The zero-order valence-electron chi connectivity index (χ0n) is 12.3. The minimum atomic E-state index is -1.08. The van der Waals surface area contributed by atoms with Gasteiger partial charge < -0.3 is 19.6 Å². The standard InChI is InChI=1S/C15H21NO5/c1-3-12-11(15(18)19)8-13(21-12)14(17)16-9(2)10-4-6-20-7-5-10/h8-10H,3-7H2,1-2H3,(H,16,17)(H,18,19). The number of aryl methyl sites for hydroxylation is 1. The summed E-state index contributed by atoms with van der Waals surface area (Å²) >= 11 is 0. The molecule has 2 N–H and O–H groups in total. The molecule has 1 aliphatic heterocycles. The van der Waals surface area contributed by atoms with Gasteiger partial charge in [0, 0.05) is 31.7 Å². The van der Waals surface area contributed by atoms with Crippen molar-refractivity contribution in [2.75, 3.05) is 13.2 Å². The second kappa shape index (κ2) is 6.76. The SMILES string of the molecule is CCc1oc(C(=O)NC(C)C2CCOCC2)cc1C(=O)O. The largest absolute Gasteiger partial charge is 0.478 e. The number of ether oxygens (including phenoxy) is 1. The van der Waals surface area contributed by atoms with E-state index >= 15 is 0 Å². The van der Waals surface area contributed by atoms with E-state index in [-0.39, 0.29) is 23.3 Å². The van der Waals surface area contributed by atoms with Crippen molar-refractivity contribution in [3.8, 4) is 0 Å². The average molecular weight is 295 g/mol. The second-order valence-corrected chi connectivity index (χ2v) is 5.32. The highest BCUT2D eigenvalue weighted by molar-refractivity contribution is 5.96. The summed E-state index contributed by atoms with van der Waals surface area (Å²) in [5.41, 5.74) is 0.0568. The summed E-state index contributed by atoms with van der Waals surface area (Å²) in [6, 6.07) is 1.30. The van der Waals surface area contributed by atoms with Crippen molar-refractivity contribution in [3.63, 3.8) is 0 Å². The van der Waals surface area contributed by atoms with Crippen LogP contribution in [-0.4, -0.2) is 36.2 Å². The van der Waals surface area contributed by atoms with Crippen molar-refractivity contribution in [1.29, 1.82) is 0 Å². The van der Waals surface area contributed by atoms with Gasteiger partial charge in [-0.1, -0.05) is 6.92 Å². The smallest absolute Gasteiger partial charge is 0.339 e. The molecule has 0 bridgehead atoms. The van der Waals surface area contributed by atoms with E-state index < -0.39 is 5.97 Å². The highest BCUT2D eigenvalue weighted by atomic mass is 16.5. The monoisotopic (exact) mass is 295 g/mol. The van der Waals surface area contributed by atoms with Gasteiger partial charge in [0.05, 0.1) is 0 Å². The zero-order chi connectivity index (χ0) is 15.4. The molecular formula is C15H21NO5. The van der Waals surface area contributed by atoms with Crippen LogP contribution in [0.25, 0.3) is 0 Å².